The van der Waals surface area contributed by atoms with E-state index in [1.54, 1.807) is 36.3 Å². The van der Waals surface area contributed by atoms with Crippen LogP contribution < -0.4 is 9.64 Å². The lowest BCUT2D eigenvalue weighted by Gasteiger charge is -2.41. The largest absolute Gasteiger partial charge is 0.497 e. The highest BCUT2D eigenvalue weighted by molar-refractivity contribution is 6.05. The molecule has 1 spiro atoms. The number of esters is 1. The van der Waals surface area contributed by atoms with Crippen LogP contribution in [0.25, 0.3) is 0 Å². The zero-order valence-electron chi connectivity index (χ0n) is 23.8. The standard InChI is InChI=1S/C33H36N2O7/c1-3-32-16-7-8-19-41-31(39)27(32)26-29(37)35(24(21-36)20-22-10-5-4-6-11-22)28-30(38)34(18-9-17-33(26,28)42-32)23-12-14-25(40-2)15-13-23/h4-7,9-17,24,26-28,36H,3,8,18-21H2,1-2H3/t24-,26+,27+,28?,32-,33+/m1/s1. The van der Waals surface area contributed by atoms with E-state index in [2.05, 4.69) is 0 Å². The van der Waals surface area contributed by atoms with E-state index in [-0.39, 0.29) is 25.7 Å². The van der Waals surface area contributed by atoms with Gasteiger partial charge in [0.2, 0.25) is 5.91 Å². The minimum atomic E-state index is -1.44. The lowest BCUT2D eigenvalue weighted by atomic mass is 9.73. The number of carbonyl (C=O) groups is 3. The van der Waals surface area contributed by atoms with Gasteiger partial charge in [0.1, 0.15) is 28.9 Å². The minimum absolute atomic E-state index is 0.208. The highest BCUT2D eigenvalue weighted by Gasteiger charge is 2.76. The van der Waals surface area contributed by atoms with Crippen LogP contribution in [0.3, 0.4) is 0 Å². The third-order valence-corrected chi connectivity index (χ3v) is 9.14. The fraction of sp³-hybridized carbons (Fsp3) is 0.424. The van der Waals surface area contributed by atoms with E-state index in [1.807, 2.05) is 61.6 Å². The number of cyclic esters (lactones) is 1. The number of amides is 2. The van der Waals surface area contributed by atoms with E-state index in [0.29, 0.717) is 30.7 Å². The fourth-order valence-corrected chi connectivity index (χ4v) is 7.19. The molecule has 6 rings (SSSR count). The second-order valence-corrected chi connectivity index (χ2v) is 11.3. The number of fused-ring (bicyclic) bond motifs is 2. The number of anilines is 1. The Morgan fingerprint density at radius 3 is 2.45 bits per heavy atom. The Morgan fingerprint density at radius 1 is 1.00 bits per heavy atom. The van der Waals surface area contributed by atoms with Crippen molar-refractivity contribution in [2.45, 2.75) is 49.5 Å². The van der Waals surface area contributed by atoms with Crippen molar-refractivity contribution in [1.82, 2.24) is 4.90 Å². The zero-order chi connectivity index (χ0) is 29.5. The number of carbonyl (C=O) groups excluding carboxylic acids is 3. The molecule has 1 unspecified atom stereocenters. The molecule has 2 aromatic rings. The summed E-state index contributed by atoms with van der Waals surface area (Å²) in [4.78, 5) is 46.1. The van der Waals surface area contributed by atoms with Crippen LogP contribution >= 0.6 is 0 Å². The van der Waals surface area contributed by atoms with Crippen LogP contribution in [0.4, 0.5) is 5.69 Å². The number of likely N-dealkylation sites (tertiary alicyclic amines) is 1. The number of nitrogens with zero attached hydrogens (tertiary/aromatic N) is 2. The molecule has 2 fully saturated rings. The summed E-state index contributed by atoms with van der Waals surface area (Å²) in [5, 5.41) is 10.7. The molecule has 42 heavy (non-hydrogen) atoms. The average molecular weight is 573 g/mol. The van der Waals surface area contributed by atoms with Crippen LogP contribution in [0, 0.1) is 11.8 Å². The van der Waals surface area contributed by atoms with Gasteiger partial charge in [0.15, 0.2) is 0 Å². The molecule has 2 saturated heterocycles. The zero-order valence-corrected chi connectivity index (χ0v) is 23.8. The van der Waals surface area contributed by atoms with Gasteiger partial charge in [-0.1, -0.05) is 61.6 Å². The Bertz CT molecular complexity index is 1410. The maximum Gasteiger partial charge on any atom is 0.313 e. The van der Waals surface area contributed by atoms with Crippen LogP contribution in [0.5, 0.6) is 5.75 Å². The summed E-state index contributed by atoms with van der Waals surface area (Å²) in [5.41, 5.74) is -1.00. The second kappa shape index (κ2) is 11.0. The fourth-order valence-electron chi connectivity index (χ4n) is 7.19. The van der Waals surface area contributed by atoms with E-state index >= 15 is 0 Å². The molecule has 1 N–H and O–H groups in total. The minimum Gasteiger partial charge on any atom is -0.497 e. The summed E-state index contributed by atoms with van der Waals surface area (Å²) in [6.07, 6.45) is 8.74. The molecule has 2 aromatic carbocycles. The third kappa shape index (κ3) is 4.34. The molecule has 4 aliphatic rings. The van der Waals surface area contributed by atoms with E-state index in [9.17, 15) is 19.5 Å². The van der Waals surface area contributed by atoms with Gasteiger partial charge in [0.25, 0.3) is 5.91 Å². The first kappa shape index (κ1) is 28.2. The predicted octanol–water partition coefficient (Wildman–Crippen LogP) is 3.07. The average Bonchev–Trinajstić information content (AvgIpc) is 3.36. The van der Waals surface area contributed by atoms with Gasteiger partial charge in [0.05, 0.1) is 32.3 Å². The van der Waals surface area contributed by atoms with E-state index < -0.39 is 47.0 Å². The molecular formula is C33H36N2O7. The molecule has 220 valence electrons. The van der Waals surface area contributed by atoms with Crippen molar-refractivity contribution >= 4 is 23.5 Å². The highest BCUT2D eigenvalue weighted by atomic mass is 16.6. The molecule has 0 bridgehead atoms. The van der Waals surface area contributed by atoms with Crippen molar-refractivity contribution in [2.24, 2.45) is 11.8 Å². The summed E-state index contributed by atoms with van der Waals surface area (Å²) in [5.74, 6) is -2.53. The normalized spacial score (nSPS) is 31.0. The summed E-state index contributed by atoms with van der Waals surface area (Å²) in [6.45, 7) is 2.00. The quantitative estimate of drug-likeness (QED) is 0.402. The first-order chi connectivity index (χ1) is 20.4. The molecule has 0 aromatic heterocycles. The van der Waals surface area contributed by atoms with Gasteiger partial charge in [-0.05, 0) is 49.1 Å². The van der Waals surface area contributed by atoms with E-state index in [1.165, 1.54) is 4.90 Å². The number of aliphatic hydroxyl groups is 1. The molecule has 4 heterocycles. The summed E-state index contributed by atoms with van der Waals surface area (Å²) in [6, 6.07) is 14.9. The molecule has 4 aliphatic heterocycles. The topological polar surface area (TPSA) is 106 Å². The first-order valence-electron chi connectivity index (χ1n) is 14.5. The highest BCUT2D eigenvalue weighted by Crippen LogP contribution is 2.58. The molecule has 0 aliphatic carbocycles. The van der Waals surface area contributed by atoms with E-state index in [4.69, 9.17) is 14.2 Å². The van der Waals surface area contributed by atoms with E-state index in [0.717, 1.165) is 5.56 Å². The van der Waals surface area contributed by atoms with Gasteiger partial charge in [-0.25, -0.2) is 0 Å². The molecule has 0 radical (unpaired) electrons. The van der Waals surface area contributed by atoms with Gasteiger partial charge in [-0.15, -0.1) is 0 Å². The SMILES string of the molecule is CC[C@@]12C=CCCOC(=O)[C@@H]1[C@H]1C(=O)N([C@@H](CO)Cc3ccccc3)C3C(=O)N(c4ccc(OC)cc4)CC=C[C@@]31O2. The number of aliphatic hydroxyl groups excluding tert-OH is 1. The molecule has 6 atom stereocenters. The van der Waals surface area contributed by atoms with Crippen LogP contribution in [0.1, 0.15) is 25.3 Å². The maximum absolute atomic E-state index is 14.7. The predicted molar refractivity (Wildman–Crippen MR) is 155 cm³/mol. The Kier molecular flexibility index (Phi) is 7.41. The van der Waals surface area contributed by atoms with Gasteiger partial charge in [-0.2, -0.15) is 0 Å². The Balaban J connectivity index is 1.50. The van der Waals surface area contributed by atoms with Crippen molar-refractivity contribution in [1.29, 1.82) is 0 Å². The molecule has 9 nitrogen and oxygen atoms in total. The second-order valence-electron chi connectivity index (χ2n) is 11.3. The van der Waals surface area contributed by atoms with Crippen molar-refractivity contribution in [3.05, 3.63) is 84.5 Å². The smallest absolute Gasteiger partial charge is 0.313 e. The van der Waals surface area contributed by atoms with Gasteiger partial charge < -0.3 is 29.1 Å². The number of ether oxygens (including phenoxy) is 3. The lowest BCUT2D eigenvalue weighted by molar-refractivity contribution is -0.161. The molecule has 0 saturated carbocycles. The van der Waals surface area contributed by atoms with Gasteiger partial charge >= 0.3 is 5.97 Å². The number of hydrogen-bond acceptors (Lipinski definition) is 7. The van der Waals surface area contributed by atoms with Crippen LogP contribution in [-0.2, 0) is 30.3 Å². The number of benzene rings is 2. The number of methoxy groups -OCH3 is 1. The Morgan fingerprint density at radius 2 is 1.76 bits per heavy atom. The lowest BCUT2D eigenvalue weighted by Crippen LogP contribution is -2.59. The molecule has 2 amide bonds. The van der Waals surface area contributed by atoms with Crippen LogP contribution in [0.2, 0.25) is 0 Å². The number of hydrogen-bond donors (Lipinski definition) is 1. The molecule has 9 heteroatoms. The van der Waals surface area contributed by atoms with Crippen molar-refractivity contribution in [3.8, 4) is 5.75 Å². The summed E-state index contributed by atoms with van der Waals surface area (Å²) >= 11 is 0. The van der Waals surface area contributed by atoms with Crippen LogP contribution in [0.15, 0.2) is 78.9 Å². The first-order valence-corrected chi connectivity index (χ1v) is 14.5. The Hall–Kier alpha value is -3.95. The van der Waals surface area contributed by atoms with Crippen LogP contribution in [-0.4, -0.2) is 77.9 Å². The Labute approximate surface area is 245 Å². The van der Waals surface area contributed by atoms with Crippen molar-refractivity contribution in [3.63, 3.8) is 0 Å². The van der Waals surface area contributed by atoms with Gasteiger partial charge in [-0.3, -0.25) is 14.4 Å². The number of rotatable bonds is 7. The van der Waals surface area contributed by atoms with Crippen molar-refractivity contribution in [2.75, 3.05) is 31.8 Å². The maximum atomic E-state index is 14.7. The van der Waals surface area contributed by atoms with Crippen molar-refractivity contribution < 1.29 is 33.7 Å². The monoisotopic (exact) mass is 572 g/mol. The third-order valence-electron chi connectivity index (χ3n) is 9.14. The molecular weight excluding hydrogens is 536 g/mol. The summed E-state index contributed by atoms with van der Waals surface area (Å²) < 4.78 is 17.9. The summed E-state index contributed by atoms with van der Waals surface area (Å²) in [7, 11) is 1.58. The van der Waals surface area contributed by atoms with Gasteiger partial charge in [0, 0.05) is 12.2 Å².